The zero-order chi connectivity index (χ0) is 6.97. The number of rotatable bonds is 0. The molecular weight excluding hydrogens is 128 g/mol. The maximum Gasteiger partial charge on any atom is 0.231 e. The van der Waals surface area contributed by atoms with Crippen molar-refractivity contribution in [3.8, 4) is 11.5 Å². The smallest absolute Gasteiger partial charge is 0.231 e. The van der Waals surface area contributed by atoms with Crippen molar-refractivity contribution in [3.63, 3.8) is 0 Å². The highest BCUT2D eigenvalue weighted by Gasteiger charge is 2.13. The van der Waals surface area contributed by atoms with Gasteiger partial charge in [0.05, 0.1) is 0 Å². The second kappa shape index (κ2) is 1.90. The molecule has 51 valence electrons. The summed E-state index contributed by atoms with van der Waals surface area (Å²) >= 11 is 0. The third-order valence-electron chi connectivity index (χ3n) is 1.51. The van der Waals surface area contributed by atoms with Crippen molar-refractivity contribution in [2.75, 3.05) is 6.79 Å². The van der Waals surface area contributed by atoms with Gasteiger partial charge < -0.3 is 9.47 Å². The number of hydrogen-bond acceptors (Lipinski definition) is 2. The maximum absolute atomic E-state index is 5.19. The molecule has 2 heteroatoms. The second-order valence-corrected chi connectivity index (χ2v) is 2.24. The molecule has 1 aromatic carbocycles. The van der Waals surface area contributed by atoms with Crippen LogP contribution in [-0.2, 0) is 0 Å². The highest BCUT2D eigenvalue weighted by molar-refractivity contribution is 5.46. The van der Waals surface area contributed by atoms with E-state index in [0.717, 1.165) is 17.1 Å². The summed E-state index contributed by atoms with van der Waals surface area (Å²) in [6.07, 6.45) is 0. The van der Waals surface area contributed by atoms with Gasteiger partial charge in [-0.05, 0) is 30.7 Å². The largest absolute Gasteiger partial charge is 0.454 e. The molecule has 1 heterocycles. The molecule has 0 saturated heterocycles. The normalized spacial score (nSPS) is 13.7. The minimum absolute atomic E-state index is 0.341. The topological polar surface area (TPSA) is 18.5 Å². The Morgan fingerprint density at radius 1 is 1.40 bits per heavy atom. The van der Waals surface area contributed by atoms with Crippen molar-refractivity contribution in [2.24, 2.45) is 0 Å². The molecule has 1 aliphatic rings. The summed E-state index contributed by atoms with van der Waals surface area (Å²) in [4.78, 5) is 0. The van der Waals surface area contributed by atoms with E-state index in [2.05, 4.69) is 6.07 Å². The van der Waals surface area contributed by atoms with Crippen LogP contribution in [0.1, 0.15) is 5.56 Å². The summed E-state index contributed by atoms with van der Waals surface area (Å²) in [7, 11) is 0. The van der Waals surface area contributed by atoms with Crippen LogP contribution in [0.2, 0.25) is 0 Å². The summed E-state index contributed by atoms with van der Waals surface area (Å²) in [5.41, 5.74) is 1.08. The summed E-state index contributed by atoms with van der Waals surface area (Å²) in [5, 5.41) is 0. The Labute approximate surface area is 59.4 Å². The van der Waals surface area contributed by atoms with Gasteiger partial charge in [0, 0.05) is 0 Å². The molecule has 0 fully saturated rings. The summed E-state index contributed by atoms with van der Waals surface area (Å²) in [5.74, 6) is 1.67. The molecule has 0 bridgehead atoms. The second-order valence-electron chi connectivity index (χ2n) is 2.24. The van der Waals surface area contributed by atoms with E-state index in [1.807, 2.05) is 13.0 Å². The van der Waals surface area contributed by atoms with Gasteiger partial charge in [-0.1, -0.05) is 0 Å². The molecule has 0 atom stereocenters. The van der Waals surface area contributed by atoms with E-state index < -0.39 is 0 Å². The van der Waals surface area contributed by atoms with Crippen LogP contribution >= 0.6 is 0 Å². The average Bonchev–Trinajstić information content (AvgIpc) is 2.36. The van der Waals surface area contributed by atoms with Crippen LogP contribution in [0.3, 0.4) is 0 Å². The van der Waals surface area contributed by atoms with E-state index in [0.29, 0.717) is 6.79 Å². The lowest BCUT2D eigenvalue weighted by atomic mass is 10.2. The number of aryl methyl sites for hydroxylation is 1. The summed E-state index contributed by atoms with van der Waals surface area (Å²) in [6, 6.07) is 6.63. The zero-order valence-corrected chi connectivity index (χ0v) is 5.68. The van der Waals surface area contributed by atoms with Crippen LogP contribution in [-0.4, -0.2) is 6.79 Å². The van der Waals surface area contributed by atoms with Gasteiger partial charge in [-0.3, -0.25) is 0 Å². The van der Waals surface area contributed by atoms with Crippen molar-refractivity contribution in [3.05, 3.63) is 23.8 Å². The quantitative estimate of drug-likeness (QED) is 0.537. The molecule has 0 aromatic heterocycles. The first-order chi connectivity index (χ1) is 4.88. The fraction of sp³-hybridized carbons (Fsp3) is 0.250. The van der Waals surface area contributed by atoms with E-state index in [9.17, 15) is 0 Å². The van der Waals surface area contributed by atoms with Gasteiger partial charge in [0.15, 0.2) is 11.5 Å². The lowest BCUT2D eigenvalue weighted by molar-refractivity contribution is 0.173. The molecule has 1 aliphatic heterocycles. The molecule has 1 aromatic rings. The number of hydrogen-bond donors (Lipinski definition) is 0. The van der Waals surface area contributed by atoms with Gasteiger partial charge >= 0.3 is 0 Å². The lowest BCUT2D eigenvalue weighted by Gasteiger charge is -1.96. The van der Waals surface area contributed by atoms with Gasteiger partial charge in [-0.25, -0.2) is 0 Å². The highest BCUT2D eigenvalue weighted by Crippen LogP contribution is 2.34. The Balaban J connectivity index is 2.59. The Morgan fingerprint density at radius 3 is 3.10 bits per heavy atom. The van der Waals surface area contributed by atoms with Gasteiger partial charge in [-0.2, -0.15) is 0 Å². The predicted octanol–water partition coefficient (Wildman–Crippen LogP) is 1.52. The van der Waals surface area contributed by atoms with E-state index in [1.54, 1.807) is 6.07 Å². The third-order valence-corrected chi connectivity index (χ3v) is 1.51. The van der Waals surface area contributed by atoms with E-state index >= 15 is 0 Å². The van der Waals surface area contributed by atoms with Crippen LogP contribution in [0.15, 0.2) is 12.1 Å². The van der Waals surface area contributed by atoms with Crippen molar-refractivity contribution in [2.45, 2.75) is 6.92 Å². The summed E-state index contributed by atoms with van der Waals surface area (Å²) < 4.78 is 10.3. The molecule has 0 spiro atoms. The van der Waals surface area contributed by atoms with Gasteiger partial charge in [0.2, 0.25) is 6.79 Å². The lowest BCUT2D eigenvalue weighted by Crippen LogP contribution is -1.93. The number of ether oxygens (including phenoxy) is 2. The van der Waals surface area contributed by atoms with Crippen molar-refractivity contribution >= 4 is 0 Å². The fourth-order valence-corrected chi connectivity index (χ4v) is 1.01. The Morgan fingerprint density at radius 2 is 2.30 bits per heavy atom. The van der Waals surface area contributed by atoms with Crippen LogP contribution in [0.5, 0.6) is 11.5 Å². The zero-order valence-electron chi connectivity index (χ0n) is 5.68. The summed E-state index contributed by atoms with van der Waals surface area (Å²) in [6.45, 7) is 2.32. The molecule has 0 N–H and O–H groups in total. The average molecular weight is 135 g/mol. The first-order valence-electron chi connectivity index (χ1n) is 3.14. The number of fused-ring (bicyclic) bond motifs is 1. The standard InChI is InChI=1S/C8H7O2/c1-6-3-2-4-7-8(6)10-5-9-7/h3-4H,5H2,1H3. The molecule has 1 radical (unpaired) electrons. The predicted molar refractivity (Wildman–Crippen MR) is 36.1 cm³/mol. The van der Waals surface area contributed by atoms with Crippen LogP contribution in [0.4, 0.5) is 0 Å². The minimum Gasteiger partial charge on any atom is -0.454 e. The first-order valence-corrected chi connectivity index (χ1v) is 3.14. The maximum atomic E-state index is 5.19. The SMILES string of the molecule is Cc1c[c]cc2c1OCO2. The van der Waals surface area contributed by atoms with Crippen LogP contribution in [0, 0.1) is 13.0 Å². The van der Waals surface area contributed by atoms with Crippen molar-refractivity contribution in [1.82, 2.24) is 0 Å². The van der Waals surface area contributed by atoms with Crippen LogP contribution in [0.25, 0.3) is 0 Å². The van der Waals surface area contributed by atoms with Gasteiger partial charge in [-0.15, -0.1) is 0 Å². The molecule has 10 heavy (non-hydrogen) atoms. The monoisotopic (exact) mass is 135 g/mol. The molecule has 0 amide bonds. The minimum atomic E-state index is 0.341. The van der Waals surface area contributed by atoms with Crippen LogP contribution < -0.4 is 9.47 Å². The Hall–Kier alpha value is -1.18. The molecule has 0 aliphatic carbocycles. The molecule has 0 unspecified atom stereocenters. The fourth-order valence-electron chi connectivity index (χ4n) is 1.01. The van der Waals surface area contributed by atoms with Crippen molar-refractivity contribution in [1.29, 1.82) is 0 Å². The van der Waals surface area contributed by atoms with Gasteiger partial charge in [0.1, 0.15) is 0 Å². The Kier molecular flexibility index (Phi) is 1.07. The van der Waals surface area contributed by atoms with Crippen molar-refractivity contribution < 1.29 is 9.47 Å². The number of benzene rings is 1. The third kappa shape index (κ3) is 0.652. The van der Waals surface area contributed by atoms with E-state index in [-0.39, 0.29) is 0 Å². The molecule has 2 nitrogen and oxygen atoms in total. The Bertz CT molecular complexity index is 255. The van der Waals surface area contributed by atoms with E-state index in [1.165, 1.54) is 0 Å². The molecule has 0 saturated carbocycles. The van der Waals surface area contributed by atoms with Gasteiger partial charge in [0.25, 0.3) is 0 Å². The first kappa shape index (κ1) is 5.59. The highest BCUT2D eigenvalue weighted by atomic mass is 16.7. The molecular formula is C8H7O2. The molecule has 2 rings (SSSR count). The van der Waals surface area contributed by atoms with E-state index in [4.69, 9.17) is 9.47 Å².